The zero-order valence-electron chi connectivity index (χ0n) is 9.59. The monoisotopic (exact) mass is 199 g/mol. The largest absolute Gasteiger partial charge is 0.460 e. The minimum atomic E-state index is -0.396. The summed E-state index contributed by atoms with van der Waals surface area (Å²) in [5, 5.41) is 0. The topological polar surface area (TPSA) is 52.3 Å². The van der Waals surface area contributed by atoms with Gasteiger partial charge in [0.2, 0.25) is 0 Å². The van der Waals surface area contributed by atoms with Crippen LogP contribution in [0.2, 0.25) is 0 Å². The van der Waals surface area contributed by atoms with Crippen LogP contribution < -0.4 is 5.73 Å². The summed E-state index contributed by atoms with van der Waals surface area (Å²) in [5.41, 5.74) is 5.05. The van der Waals surface area contributed by atoms with Crippen LogP contribution in [0.5, 0.6) is 0 Å². The maximum absolute atomic E-state index is 11.9. The summed E-state index contributed by atoms with van der Waals surface area (Å²) >= 11 is 0. The van der Waals surface area contributed by atoms with Gasteiger partial charge < -0.3 is 10.5 Å². The van der Waals surface area contributed by atoms with Gasteiger partial charge in [-0.1, -0.05) is 0 Å². The van der Waals surface area contributed by atoms with E-state index in [0.717, 1.165) is 19.3 Å². The highest BCUT2D eigenvalue weighted by Crippen LogP contribution is 2.38. The number of nitrogens with two attached hydrogens (primary N) is 1. The van der Waals surface area contributed by atoms with E-state index in [2.05, 4.69) is 0 Å². The number of carbonyl (C=O) groups excluding carboxylic acids is 1. The number of hydrogen-bond acceptors (Lipinski definition) is 3. The minimum absolute atomic E-state index is 0.0991. The average molecular weight is 199 g/mol. The minimum Gasteiger partial charge on any atom is -0.460 e. The Morgan fingerprint density at radius 3 is 2.43 bits per heavy atom. The molecule has 0 aromatic rings. The Morgan fingerprint density at radius 2 is 2.07 bits per heavy atom. The van der Waals surface area contributed by atoms with Crippen LogP contribution in [0, 0.1) is 5.41 Å². The van der Waals surface area contributed by atoms with E-state index in [4.69, 9.17) is 10.5 Å². The Hall–Kier alpha value is -0.570. The first kappa shape index (κ1) is 11.5. The van der Waals surface area contributed by atoms with Gasteiger partial charge in [-0.3, -0.25) is 4.79 Å². The van der Waals surface area contributed by atoms with Crippen LogP contribution in [0.15, 0.2) is 0 Å². The van der Waals surface area contributed by atoms with E-state index in [1.807, 2.05) is 27.7 Å². The fourth-order valence-corrected chi connectivity index (χ4v) is 1.87. The maximum atomic E-state index is 11.9. The Bertz CT molecular complexity index is 232. The van der Waals surface area contributed by atoms with E-state index in [-0.39, 0.29) is 17.4 Å². The molecule has 0 saturated heterocycles. The summed E-state index contributed by atoms with van der Waals surface area (Å²) < 4.78 is 5.38. The number of ether oxygens (including phenoxy) is 1. The van der Waals surface area contributed by atoms with Gasteiger partial charge >= 0.3 is 5.97 Å². The summed E-state index contributed by atoms with van der Waals surface area (Å²) in [6.45, 7) is 7.63. The van der Waals surface area contributed by atoms with Crippen LogP contribution in [0.1, 0.15) is 47.0 Å². The summed E-state index contributed by atoms with van der Waals surface area (Å²) in [5.74, 6) is -0.0991. The van der Waals surface area contributed by atoms with Gasteiger partial charge in [0.15, 0.2) is 0 Å². The Kier molecular flexibility index (Phi) is 2.91. The molecule has 1 saturated carbocycles. The van der Waals surface area contributed by atoms with Gasteiger partial charge in [0, 0.05) is 6.04 Å². The second kappa shape index (κ2) is 3.54. The Morgan fingerprint density at radius 1 is 1.50 bits per heavy atom. The molecule has 0 aromatic heterocycles. The van der Waals surface area contributed by atoms with Crippen LogP contribution in [0.4, 0.5) is 0 Å². The van der Waals surface area contributed by atoms with Crippen LogP contribution in [-0.4, -0.2) is 17.6 Å². The molecule has 3 nitrogen and oxygen atoms in total. The molecule has 1 aliphatic carbocycles. The van der Waals surface area contributed by atoms with Crippen LogP contribution in [-0.2, 0) is 9.53 Å². The molecule has 1 fully saturated rings. The highest BCUT2D eigenvalue weighted by atomic mass is 16.6. The molecule has 1 rings (SSSR count). The quantitative estimate of drug-likeness (QED) is 0.656. The molecule has 82 valence electrons. The van der Waals surface area contributed by atoms with Crippen molar-refractivity contribution >= 4 is 5.97 Å². The lowest BCUT2D eigenvalue weighted by Crippen LogP contribution is -2.35. The molecule has 0 spiro atoms. The zero-order valence-corrected chi connectivity index (χ0v) is 9.59. The fraction of sp³-hybridized carbons (Fsp3) is 0.909. The number of carbonyl (C=O) groups is 1. The number of esters is 1. The van der Waals surface area contributed by atoms with Crippen molar-refractivity contribution in [3.05, 3.63) is 0 Å². The van der Waals surface area contributed by atoms with Crippen molar-refractivity contribution in [2.75, 3.05) is 0 Å². The van der Waals surface area contributed by atoms with Crippen molar-refractivity contribution in [2.24, 2.45) is 11.1 Å². The van der Waals surface area contributed by atoms with Gasteiger partial charge in [-0.2, -0.15) is 0 Å². The second-order valence-electron chi connectivity index (χ2n) is 5.57. The van der Waals surface area contributed by atoms with E-state index in [9.17, 15) is 4.79 Å². The van der Waals surface area contributed by atoms with E-state index in [1.54, 1.807) is 0 Å². The molecule has 2 atom stereocenters. The van der Waals surface area contributed by atoms with Gasteiger partial charge in [-0.05, 0) is 47.0 Å². The molecule has 0 unspecified atom stereocenters. The van der Waals surface area contributed by atoms with Gasteiger partial charge in [0.1, 0.15) is 5.60 Å². The fourth-order valence-electron chi connectivity index (χ4n) is 1.87. The van der Waals surface area contributed by atoms with E-state index in [0.29, 0.717) is 0 Å². The van der Waals surface area contributed by atoms with E-state index >= 15 is 0 Å². The van der Waals surface area contributed by atoms with Gasteiger partial charge in [0.25, 0.3) is 0 Å². The van der Waals surface area contributed by atoms with Crippen LogP contribution in [0.25, 0.3) is 0 Å². The molecular weight excluding hydrogens is 178 g/mol. The first-order valence-corrected chi connectivity index (χ1v) is 5.22. The number of hydrogen-bond donors (Lipinski definition) is 1. The lowest BCUT2D eigenvalue weighted by atomic mass is 9.88. The molecule has 1 aliphatic rings. The molecule has 0 amide bonds. The maximum Gasteiger partial charge on any atom is 0.312 e. The molecule has 0 aliphatic heterocycles. The van der Waals surface area contributed by atoms with Crippen LogP contribution in [0.3, 0.4) is 0 Å². The van der Waals surface area contributed by atoms with Crippen molar-refractivity contribution in [3.63, 3.8) is 0 Å². The van der Waals surface area contributed by atoms with Crippen molar-refractivity contribution in [1.29, 1.82) is 0 Å². The van der Waals surface area contributed by atoms with Crippen molar-refractivity contribution in [2.45, 2.75) is 58.6 Å². The first-order chi connectivity index (χ1) is 6.23. The molecule has 14 heavy (non-hydrogen) atoms. The predicted molar refractivity (Wildman–Crippen MR) is 55.8 cm³/mol. The predicted octanol–water partition coefficient (Wildman–Crippen LogP) is 1.85. The van der Waals surface area contributed by atoms with Crippen molar-refractivity contribution in [3.8, 4) is 0 Å². The van der Waals surface area contributed by atoms with Crippen LogP contribution >= 0.6 is 0 Å². The van der Waals surface area contributed by atoms with Crippen molar-refractivity contribution < 1.29 is 9.53 Å². The van der Waals surface area contributed by atoms with E-state index in [1.165, 1.54) is 0 Å². The first-order valence-electron chi connectivity index (χ1n) is 5.22. The SMILES string of the molecule is CC(C)(C)OC(=O)[C@@]1(C)CC[C@H](N)C1. The summed E-state index contributed by atoms with van der Waals surface area (Å²) in [7, 11) is 0. The lowest BCUT2D eigenvalue weighted by Gasteiger charge is -2.28. The molecule has 2 N–H and O–H groups in total. The van der Waals surface area contributed by atoms with Gasteiger partial charge in [0.05, 0.1) is 5.41 Å². The van der Waals surface area contributed by atoms with Gasteiger partial charge in [-0.15, -0.1) is 0 Å². The standard InChI is InChI=1S/C11H21NO2/c1-10(2,3)14-9(13)11(4)6-5-8(12)7-11/h8H,5-7,12H2,1-4H3/t8-,11-/m0/s1. The molecule has 0 radical (unpaired) electrons. The Labute approximate surface area is 86.0 Å². The summed E-state index contributed by atoms with van der Waals surface area (Å²) in [4.78, 5) is 11.9. The van der Waals surface area contributed by atoms with Crippen molar-refractivity contribution in [1.82, 2.24) is 0 Å². The number of rotatable bonds is 1. The molecule has 3 heteroatoms. The third-order valence-electron chi connectivity index (χ3n) is 2.67. The molecule has 0 heterocycles. The summed E-state index contributed by atoms with van der Waals surface area (Å²) in [6, 6.07) is 0.160. The Balaban J connectivity index is 2.61. The molecule has 0 aromatic carbocycles. The average Bonchev–Trinajstić information content (AvgIpc) is 2.29. The third kappa shape index (κ3) is 2.71. The third-order valence-corrected chi connectivity index (χ3v) is 2.67. The molecular formula is C11H21NO2. The zero-order chi connectivity index (χ0) is 11.0. The smallest absolute Gasteiger partial charge is 0.312 e. The highest BCUT2D eigenvalue weighted by Gasteiger charge is 2.42. The lowest BCUT2D eigenvalue weighted by molar-refractivity contribution is -0.166. The molecule has 0 bridgehead atoms. The van der Waals surface area contributed by atoms with Gasteiger partial charge in [-0.25, -0.2) is 0 Å². The highest BCUT2D eigenvalue weighted by molar-refractivity contribution is 5.77. The van der Waals surface area contributed by atoms with E-state index < -0.39 is 5.60 Å². The normalized spacial score (nSPS) is 33.1. The second-order valence-corrected chi connectivity index (χ2v) is 5.57. The summed E-state index contributed by atoms with van der Waals surface area (Å²) in [6.07, 6.45) is 2.53.